The van der Waals surface area contributed by atoms with Crippen LogP contribution in [0.5, 0.6) is 5.75 Å². The average Bonchev–Trinajstić information content (AvgIpc) is 2.72. The van der Waals surface area contributed by atoms with Crippen LogP contribution in [0.4, 0.5) is 10.1 Å². The number of halogens is 1. The SMILES string of the molecule is N#Cc1cc([N+](=O)[O-])ccc1/C=C/c1ccc(OCc2ccc(F)cc2)cc1. The number of ether oxygens (including phenoxy) is 1. The maximum Gasteiger partial charge on any atom is 0.270 e. The van der Waals surface area contributed by atoms with Gasteiger partial charge in [0.25, 0.3) is 5.69 Å². The van der Waals surface area contributed by atoms with E-state index in [0.29, 0.717) is 17.9 Å². The number of nitriles is 1. The van der Waals surface area contributed by atoms with Gasteiger partial charge in [-0.25, -0.2) is 4.39 Å². The maximum absolute atomic E-state index is 12.9. The van der Waals surface area contributed by atoms with Crippen molar-refractivity contribution in [3.8, 4) is 11.8 Å². The van der Waals surface area contributed by atoms with Gasteiger partial charge in [-0.3, -0.25) is 10.1 Å². The molecule has 3 aromatic rings. The van der Waals surface area contributed by atoms with Crippen molar-refractivity contribution < 1.29 is 14.1 Å². The number of nitro benzene ring substituents is 1. The molecule has 0 fully saturated rings. The number of hydrogen-bond acceptors (Lipinski definition) is 4. The lowest BCUT2D eigenvalue weighted by molar-refractivity contribution is -0.384. The van der Waals surface area contributed by atoms with Gasteiger partial charge >= 0.3 is 0 Å². The fraction of sp³-hybridized carbons (Fsp3) is 0.0455. The van der Waals surface area contributed by atoms with Crippen molar-refractivity contribution in [1.82, 2.24) is 0 Å². The summed E-state index contributed by atoms with van der Waals surface area (Å²) < 4.78 is 18.6. The molecule has 0 saturated carbocycles. The minimum absolute atomic E-state index is 0.114. The molecule has 0 aliphatic rings. The van der Waals surface area contributed by atoms with Gasteiger partial charge in [0, 0.05) is 12.1 Å². The van der Waals surface area contributed by atoms with Crippen molar-refractivity contribution in [3.05, 3.63) is 105 Å². The number of nitro groups is 1. The molecule has 0 amide bonds. The molecule has 0 aliphatic carbocycles. The lowest BCUT2D eigenvalue weighted by Crippen LogP contribution is -1.95. The van der Waals surface area contributed by atoms with Crippen LogP contribution in [0.1, 0.15) is 22.3 Å². The van der Waals surface area contributed by atoms with Gasteiger partial charge in [-0.2, -0.15) is 5.26 Å². The summed E-state index contributed by atoms with van der Waals surface area (Å²) in [5.74, 6) is 0.391. The molecule has 0 aromatic heterocycles. The van der Waals surface area contributed by atoms with Crippen molar-refractivity contribution in [2.24, 2.45) is 0 Å². The lowest BCUT2D eigenvalue weighted by Gasteiger charge is -2.06. The van der Waals surface area contributed by atoms with Gasteiger partial charge in [0.1, 0.15) is 24.2 Å². The predicted molar refractivity (Wildman–Crippen MR) is 104 cm³/mol. The number of hydrogen-bond donors (Lipinski definition) is 0. The minimum atomic E-state index is -0.529. The number of benzene rings is 3. The summed E-state index contributed by atoms with van der Waals surface area (Å²) in [6, 6.07) is 19.6. The van der Waals surface area contributed by atoms with Crippen molar-refractivity contribution in [3.63, 3.8) is 0 Å². The molecule has 0 radical (unpaired) electrons. The van der Waals surface area contributed by atoms with Gasteiger partial charge < -0.3 is 4.74 Å². The highest BCUT2D eigenvalue weighted by Gasteiger charge is 2.08. The summed E-state index contributed by atoms with van der Waals surface area (Å²) in [5.41, 5.74) is 2.48. The second-order valence-electron chi connectivity index (χ2n) is 5.96. The first-order chi connectivity index (χ1) is 13.5. The Balaban J connectivity index is 1.66. The van der Waals surface area contributed by atoms with E-state index in [2.05, 4.69) is 0 Å². The molecule has 0 heterocycles. The first-order valence-electron chi connectivity index (χ1n) is 8.39. The van der Waals surface area contributed by atoms with E-state index < -0.39 is 4.92 Å². The number of nitrogens with zero attached hydrogens (tertiary/aromatic N) is 2. The molecule has 5 nitrogen and oxygen atoms in total. The molecule has 0 N–H and O–H groups in total. The van der Waals surface area contributed by atoms with E-state index in [4.69, 9.17) is 4.74 Å². The molecule has 0 unspecified atom stereocenters. The second kappa shape index (κ2) is 8.60. The standard InChI is InChI=1S/C22H15FN2O3/c23-20-8-2-17(3-9-20)15-28-22-11-4-16(5-12-22)1-6-18-7-10-21(25(26)27)13-19(18)14-24/h1-13H,15H2/b6-1+. The molecule has 3 rings (SSSR count). The van der Waals surface area contributed by atoms with Gasteiger partial charge in [0.2, 0.25) is 0 Å². The average molecular weight is 374 g/mol. The van der Waals surface area contributed by atoms with Gasteiger partial charge in [-0.15, -0.1) is 0 Å². The lowest BCUT2D eigenvalue weighted by atomic mass is 10.1. The third kappa shape index (κ3) is 4.80. The van der Waals surface area contributed by atoms with E-state index in [1.165, 1.54) is 24.3 Å². The molecular weight excluding hydrogens is 359 g/mol. The summed E-state index contributed by atoms with van der Waals surface area (Å²) >= 11 is 0. The molecule has 6 heteroatoms. The van der Waals surface area contributed by atoms with Crippen molar-refractivity contribution >= 4 is 17.8 Å². The van der Waals surface area contributed by atoms with Crippen LogP contribution >= 0.6 is 0 Å². The monoisotopic (exact) mass is 374 g/mol. The molecule has 3 aromatic carbocycles. The predicted octanol–water partition coefficient (Wildman–Crippen LogP) is 5.35. The van der Waals surface area contributed by atoms with Crippen molar-refractivity contribution in [2.45, 2.75) is 6.61 Å². The van der Waals surface area contributed by atoms with Crippen LogP contribution in [0, 0.1) is 27.3 Å². The summed E-state index contributed by atoms with van der Waals surface area (Å²) in [6.45, 7) is 0.337. The summed E-state index contributed by atoms with van der Waals surface area (Å²) in [5, 5.41) is 20.0. The minimum Gasteiger partial charge on any atom is -0.489 e. The normalized spacial score (nSPS) is 10.6. The third-order valence-electron chi connectivity index (χ3n) is 4.02. The van der Waals surface area contributed by atoms with Gasteiger partial charge in [-0.1, -0.05) is 36.4 Å². The zero-order valence-electron chi connectivity index (χ0n) is 14.7. The smallest absolute Gasteiger partial charge is 0.270 e. The highest BCUT2D eigenvalue weighted by Crippen LogP contribution is 2.20. The van der Waals surface area contributed by atoms with Crippen LogP contribution in [-0.4, -0.2) is 4.92 Å². The summed E-state index contributed by atoms with van der Waals surface area (Å²) in [6.07, 6.45) is 3.54. The van der Waals surface area contributed by atoms with Crippen LogP contribution < -0.4 is 4.74 Å². The van der Waals surface area contributed by atoms with E-state index in [0.717, 1.165) is 11.1 Å². The van der Waals surface area contributed by atoms with E-state index in [1.807, 2.05) is 36.4 Å². The van der Waals surface area contributed by atoms with Gasteiger partial charge in [-0.05, 0) is 47.0 Å². The largest absolute Gasteiger partial charge is 0.489 e. The Kier molecular flexibility index (Phi) is 5.78. The van der Waals surface area contributed by atoms with E-state index in [1.54, 1.807) is 24.3 Å². The Morgan fingerprint density at radius 2 is 1.75 bits per heavy atom. The van der Waals surface area contributed by atoms with Crippen LogP contribution in [0.3, 0.4) is 0 Å². The van der Waals surface area contributed by atoms with Gasteiger partial charge in [0.15, 0.2) is 0 Å². The Labute approximate surface area is 161 Å². The molecule has 0 spiro atoms. The molecule has 138 valence electrons. The zero-order valence-corrected chi connectivity index (χ0v) is 14.7. The zero-order chi connectivity index (χ0) is 19.9. The van der Waals surface area contributed by atoms with Crippen molar-refractivity contribution in [1.29, 1.82) is 5.26 Å². The molecule has 0 aliphatic heterocycles. The quantitative estimate of drug-likeness (QED) is 0.331. The summed E-state index contributed by atoms with van der Waals surface area (Å²) in [4.78, 5) is 10.3. The molecule has 0 atom stereocenters. The highest BCUT2D eigenvalue weighted by molar-refractivity contribution is 5.73. The van der Waals surface area contributed by atoms with Crippen LogP contribution in [0.2, 0.25) is 0 Å². The van der Waals surface area contributed by atoms with Crippen LogP contribution in [-0.2, 0) is 6.61 Å². The summed E-state index contributed by atoms with van der Waals surface area (Å²) in [7, 11) is 0. The van der Waals surface area contributed by atoms with E-state index in [9.17, 15) is 19.8 Å². The molecule has 0 saturated heterocycles. The van der Waals surface area contributed by atoms with E-state index in [-0.39, 0.29) is 17.1 Å². The van der Waals surface area contributed by atoms with Crippen LogP contribution in [0.25, 0.3) is 12.2 Å². The molecule has 28 heavy (non-hydrogen) atoms. The Morgan fingerprint density at radius 1 is 1.04 bits per heavy atom. The third-order valence-corrected chi connectivity index (χ3v) is 4.02. The second-order valence-corrected chi connectivity index (χ2v) is 5.96. The number of rotatable bonds is 6. The first-order valence-corrected chi connectivity index (χ1v) is 8.39. The maximum atomic E-state index is 12.9. The fourth-order valence-electron chi connectivity index (χ4n) is 2.51. The van der Waals surface area contributed by atoms with Crippen LogP contribution in [0.15, 0.2) is 66.7 Å². The number of non-ortho nitro benzene ring substituents is 1. The van der Waals surface area contributed by atoms with E-state index >= 15 is 0 Å². The van der Waals surface area contributed by atoms with Crippen molar-refractivity contribution in [2.75, 3.05) is 0 Å². The topological polar surface area (TPSA) is 76.2 Å². The fourth-order valence-corrected chi connectivity index (χ4v) is 2.51. The Bertz CT molecular complexity index is 1050. The molecular formula is C22H15FN2O3. The molecule has 0 bridgehead atoms. The first kappa shape index (κ1) is 18.8. The highest BCUT2D eigenvalue weighted by atomic mass is 19.1. The Hall–Kier alpha value is -3.98. The Morgan fingerprint density at radius 3 is 2.39 bits per heavy atom. The van der Waals surface area contributed by atoms with Gasteiger partial charge in [0.05, 0.1) is 10.5 Å².